The second kappa shape index (κ2) is 8.28. The van der Waals surface area contributed by atoms with Crippen LogP contribution in [0.25, 0.3) is 11.6 Å². The fraction of sp³-hybridized carbons (Fsp3) is 0.188. The number of carbonyl (C=O) groups excluding carboxylic acids is 1. The van der Waals surface area contributed by atoms with Gasteiger partial charge in [0.1, 0.15) is 0 Å². The average molecular weight is 359 g/mol. The molecule has 3 rings (SSSR count). The second-order valence-corrected chi connectivity index (χ2v) is 6.48. The Morgan fingerprint density at radius 3 is 2.50 bits per heavy atom. The van der Waals surface area contributed by atoms with Gasteiger partial charge in [0.25, 0.3) is 5.91 Å². The van der Waals surface area contributed by atoms with E-state index in [1.807, 2.05) is 36.4 Å². The molecule has 1 aliphatic heterocycles. The molecule has 0 saturated carbocycles. The molecule has 1 amide bonds. The van der Waals surface area contributed by atoms with Crippen LogP contribution in [0.2, 0.25) is 0 Å². The Morgan fingerprint density at radius 2 is 1.82 bits per heavy atom. The molecule has 0 atom stereocenters. The van der Waals surface area contributed by atoms with Crippen LogP contribution in [0, 0.1) is 0 Å². The highest BCUT2D eigenvalue weighted by Gasteiger charge is 2.21. The molecule has 1 aliphatic rings. The summed E-state index contributed by atoms with van der Waals surface area (Å²) in [7, 11) is 0. The van der Waals surface area contributed by atoms with E-state index in [1.165, 1.54) is 0 Å². The van der Waals surface area contributed by atoms with Gasteiger partial charge in [0.2, 0.25) is 0 Å². The summed E-state index contributed by atoms with van der Waals surface area (Å²) in [6.45, 7) is 0.641. The molecule has 0 fully saturated rings. The van der Waals surface area contributed by atoms with E-state index < -0.39 is 4.30 Å². The number of halogens is 3. The number of hydrogen-bond acceptors (Lipinski definition) is 2. The monoisotopic (exact) mass is 357 g/mol. The molecule has 1 N–H and O–H groups in total. The molecule has 2 heterocycles. The van der Waals surface area contributed by atoms with E-state index in [9.17, 15) is 4.79 Å². The smallest absolute Gasteiger partial charge is 0.287 e. The molecule has 3 nitrogen and oxygen atoms in total. The molecule has 0 bridgehead atoms. The first-order valence-electron chi connectivity index (χ1n) is 6.62. The highest BCUT2D eigenvalue weighted by molar-refractivity contribution is 6.63. The Labute approximate surface area is 143 Å². The van der Waals surface area contributed by atoms with Crippen molar-refractivity contribution in [3.05, 3.63) is 59.5 Å². The van der Waals surface area contributed by atoms with Crippen molar-refractivity contribution in [2.45, 2.75) is 10.7 Å². The quantitative estimate of drug-likeness (QED) is 0.734. The van der Waals surface area contributed by atoms with Crippen LogP contribution in [-0.2, 0) is 0 Å². The van der Waals surface area contributed by atoms with Crippen LogP contribution in [-0.4, -0.2) is 16.7 Å². The average Bonchev–Trinajstić information content (AvgIpc) is 2.91. The van der Waals surface area contributed by atoms with Gasteiger partial charge in [0, 0.05) is 12.1 Å². The van der Waals surface area contributed by atoms with Gasteiger partial charge in [0.05, 0.1) is 6.26 Å². The van der Waals surface area contributed by atoms with E-state index in [2.05, 4.69) is 11.4 Å². The van der Waals surface area contributed by atoms with Crippen molar-refractivity contribution in [3.8, 4) is 0 Å². The molecule has 116 valence electrons. The third-order valence-electron chi connectivity index (χ3n) is 3.04. The first-order valence-corrected chi connectivity index (χ1v) is 7.93. The van der Waals surface area contributed by atoms with E-state index in [-0.39, 0.29) is 5.91 Å². The highest BCUT2D eigenvalue weighted by atomic mass is 35.6. The van der Waals surface area contributed by atoms with Crippen molar-refractivity contribution in [1.29, 1.82) is 0 Å². The number of carbonyl (C=O) groups is 1. The van der Waals surface area contributed by atoms with Gasteiger partial charge in [-0.3, -0.25) is 4.79 Å². The van der Waals surface area contributed by atoms with Gasteiger partial charge in [-0.15, -0.1) is 0 Å². The zero-order valence-corrected chi connectivity index (χ0v) is 13.8. The number of alkyl halides is 3. The summed E-state index contributed by atoms with van der Waals surface area (Å²) in [6.07, 6.45) is 4.48. The van der Waals surface area contributed by atoms with E-state index in [4.69, 9.17) is 39.2 Å². The van der Waals surface area contributed by atoms with Crippen LogP contribution in [0.3, 0.4) is 0 Å². The summed E-state index contributed by atoms with van der Waals surface area (Å²) < 4.78 is 4.51. The Hall–Kier alpha value is -1.42. The molecule has 0 unspecified atom stereocenters. The van der Waals surface area contributed by atoms with Crippen LogP contribution in [0.4, 0.5) is 0 Å². The topological polar surface area (TPSA) is 42.2 Å². The lowest BCUT2D eigenvalue weighted by Crippen LogP contribution is -2.22. The molecule has 1 aromatic carbocycles. The van der Waals surface area contributed by atoms with Crippen LogP contribution in [0.5, 0.6) is 0 Å². The van der Waals surface area contributed by atoms with Crippen molar-refractivity contribution in [2.75, 3.05) is 6.54 Å². The standard InChI is InChI=1S/C15H13NO2.CHCl3/c17-15-14-13(7-9-18-14)12(6-8-16-15)10-11-4-2-1-3-5-11;2-1(3)4/h1-5,7,9-10H,6,8H2,(H,16,17);1H/b12-10-;. The zero-order valence-electron chi connectivity index (χ0n) is 11.6. The molecular weight excluding hydrogens is 345 g/mol. The first kappa shape index (κ1) is 16.9. The zero-order chi connectivity index (χ0) is 15.9. The highest BCUT2D eigenvalue weighted by Crippen LogP contribution is 2.27. The summed E-state index contributed by atoms with van der Waals surface area (Å²) in [5, 5.41) is 2.83. The molecule has 2 aromatic rings. The summed E-state index contributed by atoms with van der Waals surface area (Å²) >= 11 is 14.4. The molecule has 0 radical (unpaired) electrons. The number of amides is 1. The van der Waals surface area contributed by atoms with Gasteiger partial charge in [0.15, 0.2) is 10.1 Å². The van der Waals surface area contributed by atoms with Crippen LogP contribution < -0.4 is 5.32 Å². The van der Waals surface area contributed by atoms with E-state index in [1.54, 1.807) is 6.26 Å². The number of furan rings is 1. The minimum Gasteiger partial charge on any atom is -0.459 e. The van der Waals surface area contributed by atoms with E-state index in [0.717, 1.165) is 23.1 Å². The van der Waals surface area contributed by atoms with Gasteiger partial charge in [-0.05, 0) is 23.6 Å². The lowest BCUT2D eigenvalue weighted by Gasteiger charge is -2.02. The van der Waals surface area contributed by atoms with Gasteiger partial charge < -0.3 is 9.73 Å². The van der Waals surface area contributed by atoms with Gasteiger partial charge in [-0.1, -0.05) is 71.2 Å². The van der Waals surface area contributed by atoms with Gasteiger partial charge in [-0.2, -0.15) is 0 Å². The molecule has 22 heavy (non-hydrogen) atoms. The number of rotatable bonds is 1. The SMILES string of the molecule is ClC(Cl)Cl.O=C1NCC/C(=C/c2ccccc2)c2ccoc21. The maximum absolute atomic E-state index is 11.7. The van der Waals surface area contributed by atoms with E-state index in [0.29, 0.717) is 12.3 Å². The number of hydrogen-bond donors (Lipinski definition) is 1. The molecular formula is C16H14Cl3NO2. The van der Waals surface area contributed by atoms with Gasteiger partial charge >= 0.3 is 0 Å². The molecule has 0 aliphatic carbocycles. The number of fused-ring (bicyclic) bond motifs is 1. The first-order chi connectivity index (χ1) is 10.6. The minimum atomic E-state index is -0.750. The third kappa shape index (κ3) is 4.80. The molecule has 0 saturated heterocycles. The maximum Gasteiger partial charge on any atom is 0.287 e. The van der Waals surface area contributed by atoms with Crippen molar-refractivity contribution >= 4 is 52.4 Å². The predicted molar refractivity (Wildman–Crippen MR) is 91.3 cm³/mol. The fourth-order valence-electron chi connectivity index (χ4n) is 2.16. The van der Waals surface area contributed by atoms with Crippen LogP contribution in [0.1, 0.15) is 28.1 Å². The van der Waals surface area contributed by atoms with Crippen LogP contribution >= 0.6 is 34.8 Å². The van der Waals surface area contributed by atoms with Crippen LogP contribution in [0.15, 0.2) is 47.1 Å². The molecule has 0 spiro atoms. The van der Waals surface area contributed by atoms with E-state index >= 15 is 0 Å². The van der Waals surface area contributed by atoms with Crippen molar-refractivity contribution in [3.63, 3.8) is 0 Å². The summed E-state index contributed by atoms with van der Waals surface area (Å²) in [6, 6.07) is 11.9. The second-order valence-electron chi connectivity index (χ2n) is 4.50. The van der Waals surface area contributed by atoms with Crippen molar-refractivity contribution < 1.29 is 9.21 Å². The Bertz CT molecular complexity index is 648. The Kier molecular flexibility index (Phi) is 6.37. The summed E-state index contributed by atoms with van der Waals surface area (Å²) in [4.78, 5) is 11.7. The maximum atomic E-state index is 11.7. The summed E-state index contributed by atoms with van der Waals surface area (Å²) in [5.41, 5.74) is 3.16. The predicted octanol–water partition coefficient (Wildman–Crippen LogP) is 4.94. The van der Waals surface area contributed by atoms with Crippen molar-refractivity contribution in [2.24, 2.45) is 0 Å². The Morgan fingerprint density at radius 1 is 1.14 bits per heavy atom. The lowest BCUT2D eigenvalue weighted by atomic mass is 10.0. The number of benzene rings is 1. The third-order valence-corrected chi connectivity index (χ3v) is 3.04. The van der Waals surface area contributed by atoms with Crippen molar-refractivity contribution in [1.82, 2.24) is 5.32 Å². The molecule has 6 heteroatoms. The minimum absolute atomic E-state index is 0.133. The number of nitrogens with one attached hydrogen (secondary N) is 1. The largest absolute Gasteiger partial charge is 0.459 e. The normalized spacial score (nSPS) is 15.6. The Balaban J connectivity index is 0.000000396. The summed E-state index contributed by atoms with van der Waals surface area (Å²) in [5.74, 6) is 0.279. The van der Waals surface area contributed by atoms with Gasteiger partial charge in [-0.25, -0.2) is 0 Å². The fourth-order valence-corrected chi connectivity index (χ4v) is 2.16. The molecule has 1 aromatic heterocycles. The lowest BCUT2D eigenvalue weighted by molar-refractivity contribution is 0.0928.